The van der Waals surface area contributed by atoms with Gasteiger partial charge in [0.1, 0.15) is 11.5 Å². The molecule has 20 heavy (non-hydrogen) atoms. The van der Waals surface area contributed by atoms with Crippen LogP contribution in [0.1, 0.15) is 0 Å². The Labute approximate surface area is 130 Å². The molecule has 0 N–H and O–H groups in total. The molecule has 2 rings (SSSR count). The van der Waals surface area contributed by atoms with Crippen molar-refractivity contribution < 1.29 is 17.7 Å². The van der Waals surface area contributed by atoms with Crippen LogP contribution in [0.2, 0.25) is 10.0 Å². The van der Waals surface area contributed by atoms with Crippen molar-refractivity contribution in [1.82, 2.24) is 0 Å². The molecule has 0 bridgehead atoms. The van der Waals surface area contributed by atoms with E-state index in [4.69, 9.17) is 44.1 Å². The van der Waals surface area contributed by atoms with Gasteiger partial charge in [0, 0.05) is 10.0 Å². The maximum atomic E-state index is 12.2. The second-order valence-corrected chi connectivity index (χ2v) is 6.29. The first-order valence-electron chi connectivity index (χ1n) is 5.31. The van der Waals surface area contributed by atoms with Crippen molar-refractivity contribution in [3.05, 3.63) is 58.6 Å². The summed E-state index contributed by atoms with van der Waals surface area (Å²) in [5.74, 6) is 0.486. The number of phosphoric acid groups is 1. The third-order valence-corrected chi connectivity index (χ3v) is 4.20. The van der Waals surface area contributed by atoms with Gasteiger partial charge in [-0.05, 0) is 48.5 Å². The SMILES string of the molecule is O=P(OCl)(Oc1ccc(Cl)cc1)Oc1ccc(Cl)cc1. The van der Waals surface area contributed by atoms with Gasteiger partial charge in [-0.3, -0.25) is 0 Å². The number of halogens is 3. The molecular formula is C12H8Cl3O4P. The van der Waals surface area contributed by atoms with E-state index >= 15 is 0 Å². The van der Waals surface area contributed by atoms with Crippen LogP contribution in [-0.2, 0) is 8.64 Å². The van der Waals surface area contributed by atoms with Gasteiger partial charge in [-0.15, -0.1) is 0 Å². The summed E-state index contributed by atoms with van der Waals surface area (Å²) in [4.78, 5) is 0. The van der Waals surface area contributed by atoms with Crippen molar-refractivity contribution in [3.8, 4) is 11.5 Å². The summed E-state index contributed by atoms with van der Waals surface area (Å²) < 4.78 is 26.8. The summed E-state index contributed by atoms with van der Waals surface area (Å²) >= 11 is 16.7. The van der Waals surface area contributed by atoms with E-state index in [0.29, 0.717) is 10.0 Å². The van der Waals surface area contributed by atoms with Crippen LogP contribution < -0.4 is 9.05 Å². The van der Waals surface area contributed by atoms with E-state index in [9.17, 15) is 4.57 Å². The molecule has 0 amide bonds. The second-order valence-electron chi connectivity index (χ2n) is 3.61. The van der Waals surface area contributed by atoms with Crippen molar-refractivity contribution >= 4 is 42.9 Å². The van der Waals surface area contributed by atoms with Crippen LogP contribution in [0.3, 0.4) is 0 Å². The van der Waals surface area contributed by atoms with Crippen molar-refractivity contribution in [2.45, 2.75) is 0 Å². The van der Waals surface area contributed by atoms with Crippen molar-refractivity contribution in [3.63, 3.8) is 0 Å². The summed E-state index contributed by atoms with van der Waals surface area (Å²) in [6.07, 6.45) is 0. The average Bonchev–Trinajstić information content (AvgIpc) is 2.44. The first-order valence-corrected chi connectivity index (χ1v) is 7.84. The largest absolute Gasteiger partial charge is 0.604 e. The van der Waals surface area contributed by atoms with E-state index in [1.807, 2.05) is 0 Å². The third-order valence-electron chi connectivity index (χ3n) is 2.15. The van der Waals surface area contributed by atoms with E-state index in [-0.39, 0.29) is 11.5 Å². The fourth-order valence-electron chi connectivity index (χ4n) is 1.30. The molecule has 8 heteroatoms. The van der Waals surface area contributed by atoms with Crippen LogP contribution in [0, 0.1) is 0 Å². The molecule has 2 aromatic carbocycles. The minimum Gasteiger partial charge on any atom is -0.394 e. The van der Waals surface area contributed by atoms with Crippen LogP contribution in [0.15, 0.2) is 48.5 Å². The number of hydrogen-bond donors (Lipinski definition) is 0. The molecule has 0 aromatic heterocycles. The Bertz CT molecular complexity index is 564. The maximum Gasteiger partial charge on any atom is 0.604 e. The molecule has 0 aliphatic heterocycles. The Morgan fingerprint density at radius 2 is 1.10 bits per heavy atom. The van der Waals surface area contributed by atoms with Gasteiger partial charge >= 0.3 is 7.82 Å². The highest BCUT2D eigenvalue weighted by atomic mass is 35.5. The zero-order chi connectivity index (χ0) is 14.6. The summed E-state index contributed by atoms with van der Waals surface area (Å²) in [6, 6.07) is 12.3. The van der Waals surface area contributed by atoms with Gasteiger partial charge in [0.25, 0.3) is 0 Å². The van der Waals surface area contributed by atoms with Gasteiger partial charge in [-0.25, -0.2) is 4.57 Å². The van der Waals surface area contributed by atoms with Crippen LogP contribution in [0.5, 0.6) is 11.5 Å². The van der Waals surface area contributed by atoms with Gasteiger partial charge in [0.15, 0.2) is 0 Å². The second kappa shape index (κ2) is 6.70. The lowest BCUT2D eigenvalue weighted by atomic mass is 10.3. The standard InChI is InChI=1S/C12H8Cl3O4P/c13-9-1-5-11(6-2-9)17-20(16,19-15)18-12-7-3-10(14)4-8-12/h1-8H. The van der Waals surface area contributed by atoms with Crippen LogP contribution in [-0.4, -0.2) is 0 Å². The van der Waals surface area contributed by atoms with E-state index in [1.165, 1.54) is 24.3 Å². The Balaban J connectivity index is 2.14. The summed E-state index contributed by atoms with van der Waals surface area (Å²) in [6.45, 7) is 0. The molecule has 0 unspecified atom stereocenters. The Kier molecular flexibility index (Phi) is 5.19. The monoisotopic (exact) mass is 352 g/mol. The minimum atomic E-state index is -4.00. The highest BCUT2D eigenvalue weighted by Crippen LogP contribution is 2.50. The lowest BCUT2D eigenvalue weighted by Gasteiger charge is -2.15. The van der Waals surface area contributed by atoms with Crippen LogP contribution in [0.4, 0.5) is 0 Å². The highest BCUT2D eigenvalue weighted by Gasteiger charge is 2.31. The smallest absolute Gasteiger partial charge is 0.394 e. The molecule has 0 saturated carbocycles. The molecule has 2 aromatic rings. The molecule has 0 saturated heterocycles. The zero-order valence-electron chi connectivity index (χ0n) is 9.83. The number of hydrogen-bond acceptors (Lipinski definition) is 4. The first kappa shape index (κ1) is 15.5. The van der Waals surface area contributed by atoms with Gasteiger partial charge < -0.3 is 9.05 Å². The predicted molar refractivity (Wildman–Crippen MR) is 78.7 cm³/mol. The zero-order valence-corrected chi connectivity index (χ0v) is 13.0. The molecule has 0 spiro atoms. The number of benzene rings is 2. The van der Waals surface area contributed by atoms with E-state index in [0.717, 1.165) is 0 Å². The molecule has 0 fully saturated rings. The molecule has 0 atom stereocenters. The summed E-state index contributed by atoms with van der Waals surface area (Å²) in [5.41, 5.74) is 0. The average molecular weight is 354 g/mol. The molecule has 0 radical (unpaired) electrons. The molecule has 0 aliphatic rings. The van der Waals surface area contributed by atoms with E-state index < -0.39 is 7.82 Å². The number of rotatable bonds is 5. The van der Waals surface area contributed by atoms with Gasteiger partial charge in [-0.2, -0.15) is 4.08 Å². The lowest BCUT2D eigenvalue weighted by Crippen LogP contribution is -2.00. The molecule has 106 valence electrons. The quantitative estimate of drug-likeness (QED) is 0.644. The molecular weight excluding hydrogens is 345 g/mol. The van der Waals surface area contributed by atoms with Gasteiger partial charge in [-0.1, -0.05) is 23.2 Å². The van der Waals surface area contributed by atoms with E-state index in [1.54, 1.807) is 24.3 Å². The van der Waals surface area contributed by atoms with Gasteiger partial charge in [0.05, 0.1) is 11.9 Å². The highest BCUT2D eigenvalue weighted by molar-refractivity contribution is 7.50. The number of phosphoric ester groups is 1. The fraction of sp³-hybridized carbons (Fsp3) is 0. The minimum absolute atomic E-state index is 0.243. The lowest BCUT2D eigenvalue weighted by molar-refractivity contribution is 0.308. The Hall–Kier alpha value is -0.900. The van der Waals surface area contributed by atoms with E-state index in [2.05, 4.69) is 4.08 Å². The fourth-order valence-corrected chi connectivity index (χ4v) is 2.57. The Morgan fingerprint density at radius 3 is 1.40 bits per heavy atom. The molecule has 4 nitrogen and oxygen atoms in total. The van der Waals surface area contributed by atoms with Crippen LogP contribution in [0.25, 0.3) is 0 Å². The van der Waals surface area contributed by atoms with Crippen molar-refractivity contribution in [1.29, 1.82) is 0 Å². The van der Waals surface area contributed by atoms with Crippen molar-refractivity contribution in [2.75, 3.05) is 0 Å². The molecule has 0 heterocycles. The first-order chi connectivity index (χ1) is 9.50. The third kappa shape index (κ3) is 4.30. The van der Waals surface area contributed by atoms with Gasteiger partial charge in [0.2, 0.25) is 0 Å². The Morgan fingerprint density at radius 1 is 0.750 bits per heavy atom. The summed E-state index contributed by atoms with van der Waals surface area (Å²) in [5, 5.41) is 1.02. The maximum absolute atomic E-state index is 12.2. The molecule has 0 aliphatic carbocycles. The van der Waals surface area contributed by atoms with Crippen LogP contribution >= 0.6 is 42.9 Å². The predicted octanol–water partition coefficient (Wildman–Crippen LogP) is 5.73. The van der Waals surface area contributed by atoms with Crippen molar-refractivity contribution in [2.24, 2.45) is 0 Å². The topological polar surface area (TPSA) is 44.8 Å². The summed E-state index contributed by atoms with van der Waals surface area (Å²) in [7, 11) is -4.00. The normalized spacial score (nSPS) is 11.2.